The lowest BCUT2D eigenvalue weighted by Crippen LogP contribution is -2.61. The van der Waals surface area contributed by atoms with Gasteiger partial charge in [-0.15, -0.1) is 0 Å². The highest BCUT2D eigenvalue weighted by Gasteiger charge is 2.46. The van der Waals surface area contributed by atoms with E-state index >= 15 is 43.2 Å². The topological polar surface area (TPSA) is 513 Å². The smallest absolute Gasteiger partial charge is 0.303 e. The maximum atomic E-state index is 15.9. The quantitative estimate of drug-likeness (QED) is 0.0239. The summed E-state index contributed by atoms with van der Waals surface area (Å²) in [4.78, 5) is 208. The van der Waals surface area contributed by atoms with Crippen LogP contribution in [0.5, 0.6) is 0 Å². The standard InChI is InChI=1S/C76H97N19O14S2/c1-42-65(100)90-58(37-48-16-9-27-81-48)70(105)91-56(32-43-14-3-2-4-15-43)68(103)87-53(21-10-28-82-75(77)78)63(97)35-44(33-45-38-84-51-19-7-5-17-49(45)51)62(96)36-47-40-110-111-41-59(71(106)86-42)93-69(104)57(34-46-39-85-52-20-8-6-18-50(46)52)92-66(101)54(22-11-29-83-76(79)80)88-67(102)55(25-26-64(98)99)89-72(107)60-23-12-30-94(60)74(109)61-24-13-31-95(61)73(47)108/h2-8,14-20,27,38-39,42,44,47,53-61,84-85H,9-13,21-26,28-37,40-41H2,1H3,(H,86,106)(H,87,103)(H,88,102)(H,89,107)(H,90,100)(H,91,105)(H,92,101)(H,93,104)(H,98,99)(H4,77,78,82)(H4,79,80,83)/t42-,44+,47-,53-,54-,55-,56+,57-,58-,59-,60-,61-/m0/s1. The number of para-hydroxylation sites is 2. The molecule has 4 fully saturated rings. The maximum absolute atomic E-state index is 15.9. The number of carboxylic acid groups (broad SMARTS) is 1. The van der Waals surface area contributed by atoms with Crippen molar-refractivity contribution in [3.05, 3.63) is 120 Å². The van der Waals surface area contributed by atoms with E-state index in [1.807, 2.05) is 24.3 Å². The molecule has 592 valence electrons. The fourth-order valence-corrected chi connectivity index (χ4v) is 17.0. The van der Waals surface area contributed by atoms with Gasteiger partial charge in [-0.05, 0) is 100.0 Å². The van der Waals surface area contributed by atoms with Crippen LogP contribution in [-0.4, -0.2) is 218 Å². The van der Waals surface area contributed by atoms with Gasteiger partial charge in [0, 0.05) is 135 Å². The Kier molecular flexibility index (Phi) is 29.3. The number of hydrogen-bond acceptors (Lipinski definition) is 18. The normalized spacial score (nSPS) is 25.6. The van der Waals surface area contributed by atoms with Crippen molar-refractivity contribution in [2.45, 2.75) is 176 Å². The number of nitrogens with two attached hydrogens (primary N) is 2. The van der Waals surface area contributed by atoms with E-state index in [1.54, 1.807) is 79.3 Å². The summed E-state index contributed by atoms with van der Waals surface area (Å²) in [6.45, 7) is 1.54. The summed E-state index contributed by atoms with van der Waals surface area (Å²) >= 11 is 0. The summed E-state index contributed by atoms with van der Waals surface area (Å²) in [6.07, 6.45) is 5.19. The second-order valence-electron chi connectivity index (χ2n) is 28.5. The van der Waals surface area contributed by atoms with E-state index in [0.717, 1.165) is 32.5 Å². The Morgan fingerprint density at radius 2 is 1.05 bits per heavy atom. The van der Waals surface area contributed by atoms with E-state index in [-0.39, 0.29) is 108 Å². The van der Waals surface area contributed by atoms with Crippen molar-refractivity contribution in [1.29, 1.82) is 10.8 Å². The number of H-pyrrole nitrogens is 2. The van der Waals surface area contributed by atoms with Crippen LogP contribution in [0.25, 0.3) is 21.8 Å². The number of aliphatic imine (C=N–C) groups is 1. The van der Waals surface area contributed by atoms with Crippen molar-refractivity contribution in [2.24, 2.45) is 28.3 Å². The zero-order valence-electron chi connectivity index (χ0n) is 61.6. The molecular weight excluding hydrogens is 1470 g/mol. The number of amides is 10. The van der Waals surface area contributed by atoms with Crippen LogP contribution in [0.1, 0.15) is 114 Å². The second kappa shape index (κ2) is 39.5. The van der Waals surface area contributed by atoms with Crippen LogP contribution in [0.2, 0.25) is 0 Å². The molecule has 7 heterocycles. The van der Waals surface area contributed by atoms with Crippen molar-refractivity contribution < 1.29 is 67.4 Å². The monoisotopic (exact) mass is 1560 g/mol. The molecule has 35 heteroatoms. The number of fused-ring (bicyclic) bond motifs is 9. The minimum absolute atomic E-state index is 0.0228. The lowest BCUT2D eigenvalue weighted by Gasteiger charge is -2.33. The number of carbonyl (C=O) groups excluding carboxylic acids is 12. The van der Waals surface area contributed by atoms with Crippen molar-refractivity contribution in [3.8, 4) is 0 Å². The number of carboxylic acids is 1. The number of carbonyl (C=O) groups is 13. The third-order valence-electron chi connectivity index (χ3n) is 20.5. The predicted molar refractivity (Wildman–Crippen MR) is 417 cm³/mol. The molecule has 10 rings (SSSR count). The number of benzene rings is 3. The van der Waals surface area contributed by atoms with Gasteiger partial charge in [0.1, 0.15) is 60.2 Å². The second-order valence-corrected chi connectivity index (χ2v) is 31.1. The summed E-state index contributed by atoms with van der Waals surface area (Å²) in [5.41, 5.74) is 14.8. The minimum Gasteiger partial charge on any atom is -0.481 e. The molecule has 2 bridgehead atoms. The highest BCUT2D eigenvalue weighted by atomic mass is 33.1. The number of rotatable bonds is 19. The zero-order chi connectivity index (χ0) is 79.3. The lowest BCUT2D eigenvalue weighted by molar-refractivity contribution is -0.148. The Morgan fingerprint density at radius 1 is 0.541 bits per heavy atom. The first kappa shape index (κ1) is 82.4. The van der Waals surface area contributed by atoms with E-state index < -0.39 is 181 Å². The summed E-state index contributed by atoms with van der Waals surface area (Å²) in [5, 5.41) is 54.4. The number of aliphatic carboxylic acids is 1. The maximum Gasteiger partial charge on any atom is 0.303 e. The molecule has 0 spiro atoms. The first-order valence-corrected chi connectivity index (χ1v) is 39.9. The van der Waals surface area contributed by atoms with Gasteiger partial charge in [-0.3, -0.25) is 78.1 Å². The van der Waals surface area contributed by atoms with Crippen molar-refractivity contribution in [3.63, 3.8) is 0 Å². The number of aromatic amines is 2. The molecule has 0 radical (unpaired) electrons. The molecule has 0 saturated carbocycles. The fraction of sp³-hybridized carbons (Fsp3) is 0.474. The molecule has 2 aromatic heterocycles. The molecule has 5 aromatic rings. The lowest BCUT2D eigenvalue weighted by atomic mass is 9.84. The highest BCUT2D eigenvalue weighted by Crippen LogP contribution is 2.34. The van der Waals surface area contributed by atoms with E-state index in [1.165, 1.54) is 16.7 Å². The molecule has 19 N–H and O–H groups in total. The van der Waals surface area contributed by atoms with E-state index in [2.05, 4.69) is 68.1 Å². The average Bonchev–Trinajstić information content (AvgIpc) is 1.68. The number of nitrogens with one attached hydrogen (secondary N) is 14. The number of aromatic nitrogens is 2. The van der Waals surface area contributed by atoms with Crippen LogP contribution in [0.15, 0.2) is 108 Å². The summed E-state index contributed by atoms with van der Waals surface area (Å²) in [6, 6.07) is 8.68. The number of nitrogens with zero attached hydrogens (tertiary/aromatic N) is 3. The van der Waals surface area contributed by atoms with Crippen molar-refractivity contribution >= 4 is 138 Å². The van der Waals surface area contributed by atoms with Gasteiger partial charge in [-0.2, -0.15) is 0 Å². The van der Waals surface area contributed by atoms with E-state index in [4.69, 9.17) is 22.3 Å². The van der Waals surface area contributed by atoms with Crippen molar-refractivity contribution in [2.75, 3.05) is 37.7 Å². The van der Waals surface area contributed by atoms with E-state index in [0.29, 0.717) is 52.6 Å². The van der Waals surface area contributed by atoms with Gasteiger partial charge in [-0.1, -0.05) is 94.4 Å². The molecule has 5 aliphatic rings. The Bertz CT molecular complexity index is 4360. The van der Waals surface area contributed by atoms with Gasteiger partial charge < -0.3 is 89.5 Å². The number of Topliss-reactive ketones (excluding diaryl/α,β-unsaturated/α-hetero) is 2. The molecule has 10 amide bonds. The third kappa shape index (κ3) is 22.8. The predicted octanol–water partition coefficient (Wildman–Crippen LogP) is 1.26. The number of hydrogen-bond donors (Lipinski definition) is 17. The van der Waals surface area contributed by atoms with Gasteiger partial charge in [0.15, 0.2) is 17.7 Å². The van der Waals surface area contributed by atoms with Crippen LogP contribution in [0.4, 0.5) is 0 Å². The van der Waals surface area contributed by atoms with Crippen LogP contribution in [-0.2, 0) is 81.6 Å². The third-order valence-corrected chi connectivity index (χ3v) is 23.0. The molecule has 4 saturated heterocycles. The first-order chi connectivity index (χ1) is 53.4. The molecule has 5 aliphatic heterocycles. The summed E-state index contributed by atoms with van der Waals surface area (Å²) in [5.74, 6) is -14.7. The van der Waals surface area contributed by atoms with Gasteiger partial charge in [-0.25, -0.2) is 0 Å². The molecular formula is C76H97N19O14S2. The van der Waals surface area contributed by atoms with Gasteiger partial charge in [0.25, 0.3) is 0 Å². The first-order valence-electron chi connectivity index (χ1n) is 37.4. The summed E-state index contributed by atoms with van der Waals surface area (Å²) < 4.78 is 0. The van der Waals surface area contributed by atoms with Crippen LogP contribution in [0, 0.1) is 22.7 Å². The van der Waals surface area contributed by atoms with Crippen molar-refractivity contribution in [1.82, 2.24) is 72.9 Å². The Balaban J connectivity index is 1.08. The molecule has 0 unspecified atom stereocenters. The fourth-order valence-electron chi connectivity index (χ4n) is 14.6. The Morgan fingerprint density at radius 3 is 1.68 bits per heavy atom. The minimum atomic E-state index is -1.63. The average molecular weight is 1560 g/mol. The van der Waals surface area contributed by atoms with Crippen LogP contribution in [0.3, 0.4) is 0 Å². The van der Waals surface area contributed by atoms with Crippen LogP contribution < -0.4 is 64.6 Å². The van der Waals surface area contributed by atoms with E-state index in [9.17, 15) is 24.3 Å². The Hall–Kier alpha value is -11.1. The van der Waals surface area contributed by atoms with Gasteiger partial charge >= 0.3 is 5.97 Å². The number of guanidine groups is 2. The Labute approximate surface area is 648 Å². The summed E-state index contributed by atoms with van der Waals surface area (Å²) in [7, 11) is 2.05. The van der Waals surface area contributed by atoms with Gasteiger partial charge in [0.2, 0.25) is 59.1 Å². The molecule has 3 aromatic carbocycles. The molecule has 33 nitrogen and oxygen atoms in total. The van der Waals surface area contributed by atoms with Crippen LogP contribution >= 0.6 is 21.6 Å². The molecule has 0 aliphatic carbocycles. The molecule has 111 heavy (non-hydrogen) atoms. The van der Waals surface area contributed by atoms with Gasteiger partial charge in [0.05, 0.1) is 12.0 Å². The number of ketones is 2. The highest BCUT2D eigenvalue weighted by molar-refractivity contribution is 8.76. The number of allylic oxidation sites excluding steroid dienone is 1. The largest absolute Gasteiger partial charge is 0.481 e. The zero-order valence-corrected chi connectivity index (χ0v) is 63.2. The molecule has 12 atom stereocenters. The SMILES string of the molecule is C[C@@H]1NC(=O)[C@@H]2CSSC[C@H](CC(=O)[C@H](Cc3c[nH]c4ccccc34)CC(=O)[C@H](CCCNC(=N)N)NC(=O)[C@@H](Cc3ccccc3)NC(=O)[C@H](CC3=CCC=N3)NC1=O)C(=O)N1CCC[C@H]1C(=O)N1CCC[C@H]1C(=O)N[C@@H](CCC(=O)O)C(=O)N[C@@H](CCCNC(=N)N)C(=O)N[C@@H](Cc1c[nH]c3ccccc13)C(=O)N2.